The van der Waals surface area contributed by atoms with Crippen LogP contribution in [0.1, 0.15) is 18.9 Å². The Balaban J connectivity index is 2.60. The highest BCUT2D eigenvalue weighted by Gasteiger charge is 2.09. The molecule has 1 aromatic carbocycles. The maximum Gasteiger partial charge on any atom is 0.307 e. The fourth-order valence-electron chi connectivity index (χ4n) is 1.19. The van der Waals surface area contributed by atoms with Gasteiger partial charge in [0.1, 0.15) is 11.9 Å². The molecule has 0 spiro atoms. The van der Waals surface area contributed by atoms with E-state index >= 15 is 0 Å². The largest absolute Gasteiger partial charge is 0.490 e. The number of rotatable bonds is 4. The summed E-state index contributed by atoms with van der Waals surface area (Å²) in [4.78, 5) is 10.4. The van der Waals surface area contributed by atoms with Crippen molar-refractivity contribution in [3.8, 4) is 5.75 Å². The predicted molar refractivity (Wildman–Crippen MR) is 53.5 cm³/mol. The zero-order valence-corrected chi connectivity index (χ0v) is 8.36. The summed E-state index contributed by atoms with van der Waals surface area (Å²) in [6.07, 6.45) is -0.275. The van der Waals surface area contributed by atoms with Crippen LogP contribution in [0, 0.1) is 6.92 Å². The first-order chi connectivity index (χ1) is 6.59. The third-order valence-corrected chi connectivity index (χ3v) is 1.88. The molecule has 0 fully saturated rings. The van der Waals surface area contributed by atoms with Crippen LogP contribution in [0.15, 0.2) is 24.3 Å². The van der Waals surface area contributed by atoms with Gasteiger partial charge in [-0.15, -0.1) is 0 Å². The maximum atomic E-state index is 10.4. The number of aryl methyl sites for hydroxylation is 1. The van der Waals surface area contributed by atoms with E-state index in [1.54, 1.807) is 6.92 Å². The molecule has 14 heavy (non-hydrogen) atoms. The molecule has 1 rings (SSSR count). The Morgan fingerprint density at radius 2 is 2.14 bits per heavy atom. The average Bonchev–Trinajstić information content (AvgIpc) is 2.07. The summed E-state index contributed by atoms with van der Waals surface area (Å²) in [5.74, 6) is -0.0904. The summed E-state index contributed by atoms with van der Waals surface area (Å²) < 4.78 is 5.48. The van der Waals surface area contributed by atoms with E-state index in [0.717, 1.165) is 11.3 Å². The number of carbonyl (C=O) groups is 1. The summed E-state index contributed by atoms with van der Waals surface area (Å²) in [5.41, 5.74) is 1.02. The molecule has 1 aromatic rings. The fraction of sp³-hybridized carbons (Fsp3) is 0.364. The van der Waals surface area contributed by atoms with E-state index in [0.29, 0.717) is 0 Å². The van der Waals surface area contributed by atoms with Crippen molar-refractivity contribution in [3.05, 3.63) is 29.8 Å². The minimum absolute atomic E-state index is 0.0222. The minimum Gasteiger partial charge on any atom is -0.490 e. The number of carboxylic acids is 1. The number of hydrogen-bond acceptors (Lipinski definition) is 2. The highest BCUT2D eigenvalue weighted by molar-refractivity contribution is 5.67. The highest BCUT2D eigenvalue weighted by atomic mass is 16.5. The smallest absolute Gasteiger partial charge is 0.307 e. The molecule has 0 heterocycles. The summed E-state index contributed by atoms with van der Waals surface area (Å²) in [6, 6.07) is 7.57. The van der Waals surface area contributed by atoms with Gasteiger partial charge in [0.15, 0.2) is 0 Å². The van der Waals surface area contributed by atoms with E-state index in [2.05, 4.69) is 0 Å². The molecule has 76 valence electrons. The van der Waals surface area contributed by atoms with Gasteiger partial charge in [0.2, 0.25) is 0 Å². The second kappa shape index (κ2) is 4.65. The summed E-state index contributed by atoms with van der Waals surface area (Å²) in [5, 5.41) is 8.55. The summed E-state index contributed by atoms with van der Waals surface area (Å²) in [6.45, 7) is 3.68. The molecule has 0 amide bonds. The number of para-hydroxylation sites is 1. The molecule has 0 saturated heterocycles. The Kier molecular flexibility index (Phi) is 3.51. The molecule has 1 N–H and O–H groups in total. The van der Waals surface area contributed by atoms with Crippen LogP contribution in [0.5, 0.6) is 5.75 Å². The van der Waals surface area contributed by atoms with Crippen molar-refractivity contribution < 1.29 is 14.6 Å². The second-order valence-electron chi connectivity index (χ2n) is 3.29. The summed E-state index contributed by atoms with van der Waals surface area (Å²) in [7, 11) is 0. The van der Waals surface area contributed by atoms with Crippen molar-refractivity contribution in [2.75, 3.05) is 0 Å². The molecule has 0 aliphatic rings. The maximum absolute atomic E-state index is 10.4. The number of ether oxygens (including phenoxy) is 1. The number of hydrogen-bond donors (Lipinski definition) is 1. The first-order valence-electron chi connectivity index (χ1n) is 4.53. The predicted octanol–water partition coefficient (Wildman–Crippen LogP) is 2.24. The van der Waals surface area contributed by atoms with Crippen LogP contribution < -0.4 is 4.74 Å². The summed E-state index contributed by atoms with van der Waals surface area (Å²) >= 11 is 0. The quantitative estimate of drug-likeness (QED) is 0.799. The van der Waals surface area contributed by atoms with Crippen LogP contribution in [0.4, 0.5) is 0 Å². The lowest BCUT2D eigenvalue weighted by atomic mass is 10.2. The van der Waals surface area contributed by atoms with Crippen molar-refractivity contribution >= 4 is 5.97 Å². The van der Waals surface area contributed by atoms with Gasteiger partial charge in [0.05, 0.1) is 6.42 Å². The van der Waals surface area contributed by atoms with Crippen molar-refractivity contribution in [1.29, 1.82) is 0 Å². The first-order valence-corrected chi connectivity index (χ1v) is 4.53. The molecule has 3 heteroatoms. The van der Waals surface area contributed by atoms with Gasteiger partial charge in [0, 0.05) is 0 Å². The third-order valence-electron chi connectivity index (χ3n) is 1.88. The standard InChI is InChI=1S/C11H14O3/c1-8-5-3-4-6-10(8)14-9(2)7-11(12)13/h3-6,9H,7H2,1-2H3,(H,12,13)/t9-/m1/s1. The van der Waals surface area contributed by atoms with Crippen LogP contribution in [0.25, 0.3) is 0 Å². The zero-order chi connectivity index (χ0) is 10.6. The van der Waals surface area contributed by atoms with Crippen LogP contribution in [-0.4, -0.2) is 17.2 Å². The molecular formula is C11H14O3. The van der Waals surface area contributed by atoms with E-state index in [4.69, 9.17) is 9.84 Å². The van der Waals surface area contributed by atoms with E-state index in [-0.39, 0.29) is 12.5 Å². The van der Waals surface area contributed by atoms with E-state index in [1.807, 2.05) is 31.2 Å². The number of aliphatic carboxylic acids is 1. The molecule has 0 radical (unpaired) electrons. The molecular weight excluding hydrogens is 180 g/mol. The Morgan fingerprint density at radius 1 is 1.50 bits per heavy atom. The van der Waals surface area contributed by atoms with Gasteiger partial charge in [0.25, 0.3) is 0 Å². The third kappa shape index (κ3) is 3.09. The number of benzene rings is 1. The van der Waals surface area contributed by atoms with E-state index < -0.39 is 5.97 Å². The van der Waals surface area contributed by atoms with Crippen molar-refractivity contribution in [2.24, 2.45) is 0 Å². The minimum atomic E-state index is -0.842. The lowest BCUT2D eigenvalue weighted by molar-refractivity contribution is -0.138. The topological polar surface area (TPSA) is 46.5 Å². The second-order valence-corrected chi connectivity index (χ2v) is 3.29. The molecule has 1 atom stereocenters. The molecule has 0 unspecified atom stereocenters. The Bertz CT molecular complexity index is 320. The van der Waals surface area contributed by atoms with Crippen molar-refractivity contribution in [3.63, 3.8) is 0 Å². The molecule has 0 bridgehead atoms. The lowest BCUT2D eigenvalue weighted by Crippen LogP contribution is -2.16. The zero-order valence-electron chi connectivity index (χ0n) is 8.36. The molecule has 3 nitrogen and oxygen atoms in total. The van der Waals surface area contributed by atoms with Gasteiger partial charge in [-0.1, -0.05) is 18.2 Å². The van der Waals surface area contributed by atoms with Gasteiger partial charge in [-0.05, 0) is 25.5 Å². The van der Waals surface area contributed by atoms with Crippen molar-refractivity contribution in [1.82, 2.24) is 0 Å². The van der Waals surface area contributed by atoms with Crippen molar-refractivity contribution in [2.45, 2.75) is 26.4 Å². The van der Waals surface area contributed by atoms with Gasteiger partial charge in [-0.25, -0.2) is 0 Å². The van der Waals surface area contributed by atoms with Gasteiger partial charge in [-0.2, -0.15) is 0 Å². The van der Waals surface area contributed by atoms with Gasteiger partial charge < -0.3 is 9.84 Å². The lowest BCUT2D eigenvalue weighted by Gasteiger charge is -2.14. The molecule has 0 saturated carbocycles. The normalized spacial score (nSPS) is 12.1. The molecule has 0 aliphatic carbocycles. The van der Waals surface area contributed by atoms with E-state index in [9.17, 15) is 4.79 Å². The Labute approximate surface area is 83.3 Å². The van der Waals surface area contributed by atoms with E-state index in [1.165, 1.54) is 0 Å². The molecule has 0 aromatic heterocycles. The SMILES string of the molecule is Cc1ccccc1O[C@H](C)CC(=O)O. The van der Waals surface area contributed by atoms with Crippen LogP contribution in [0.3, 0.4) is 0 Å². The monoisotopic (exact) mass is 194 g/mol. The first kappa shape index (κ1) is 10.6. The van der Waals surface area contributed by atoms with Gasteiger partial charge >= 0.3 is 5.97 Å². The Hall–Kier alpha value is -1.51. The average molecular weight is 194 g/mol. The number of carboxylic acid groups (broad SMARTS) is 1. The van der Waals surface area contributed by atoms with Crippen LogP contribution in [-0.2, 0) is 4.79 Å². The van der Waals surface area contributed by atoms with Crippen LogP contribution >= 0.6 is 0 Å². The highest BCUT2D eigenvalue weighted by Crippen LogP contribution is 2.18. The Morgan fingerprint density at radius 3 is 2.71 bits per heavy atom. The van der Waals surface area contributed by atoms with Gasteiger partial charge in [-0.3, -0.25) is 4.79 Å². The fourth-order valence-corrected chi connectivity index (χ4v) is 1.19. The molecule has 0 aliphatic heterocycles. The van der Waals surface area contributed by atoms with Crippen LogP contribution in [0.2, 0.25) is 0 Å².